The maximum absolute atomic E-state index is 9.14. The second-order valence-electron chi connectivity index (χ2n) is 4.18. The number of thiophene rings is 1. The largest absolute Gasteiger partial charge is 0.395 e. The highest BCUT2D eigenvalue weighted by molar-refractivity contribution is 7.18. The van der Waals surface area contributed by atoms with Gasteiger partial charge in [0, 0.05) is 18.0 Å². The molecule has 0 unspecified atom stereocenters. The van der Waals surface area contributed by atoms with Crippen molar-refractivity contribution < 1.29 is 5.11 Å². The van der Waals surface area contributed by atoms with Gasteiger partial charge >= 0.3 is 0 Å². The van der Waals surface area contributed by atoms with Crippen LogP contribution >= 0.6 is 11.3 Å². The number of hydrogen-bond donors (Lipinski definition) is 1. The number of nitrogens with zero attached hydrogens (tertiary/aromatic N) is 3. The van der Waals surface area contributed by atoms with Crippen LogP contribution in [0, 0.1) is 6.92 Å². The van der Waals surface area contributed by atoms with Gasteiger partial charge in [0.2, 0.25) is 0 Å². The van der Waals surface area contributed by atoms with Crippen molar-refractivity contribution in [3.8, 4) is 0 Å². The Labute approximate surface area is 111 Å². The number of fused-ring (bicyclic) bond motifs is 1. The third-order valence-corrected chi connectivity index (χ3v) is 4.11. The van der Waals surface area contributed by atoms with E-state index in [4.69, 9.17) is 5.11 Å². The van der Waals surface area contributed by atoms with E-state index in [1.807, 2.05) is 6.92 Å². The van der Waals surface area contributed by atoms with Gasteiger partial charge in [0.25, 0.3) is 0 Å². The lowest BCUT2D eigenvalue weighted by Gasteiger charge is -2.21. The van der Waals surface area contributed by atoms with Crippen LogP contribution in [0.2, 0.25) is 0 Å². The molecule has 2 aromatic rings. The van der Waals surface area contributed by atoms with Crippen LogP contribution in [0.3, 0.4) is 0 Å². The van der Waals surface area contributed by atoms with E-state index in [1.54, 1.807) is 11.3 Å². The minimum absolute atomic E-state index is 0.142. The number of aromatic nitrogens is 2. The Morgan fingerprint density at radius 3 is 2.72 bits per heavy atom. The molecule has 5 heteroatoms. The van der Waals surface area contributed by atoms with Gasteiger partial charge in [-0.15, -0.1) is 11.3 Å². The maximum atomic E-state index is 9.14. The first kappa shape index (κ1) is 13.2. The number of anilines is 1. The highest BCUT2D eigenvalue weighted by Gasteiger charge is 2.14. The molecule has 4 nitrogen and oxygen atoms in total. The standard InChI is InChI=1S/C13H19N3OS/c1-4-10-8-11-12(16(5-2)6-7-17)14-9(3)15-13(11)18-10/h8,17H,4-7H2,1-3H3. The minimum Gasteiger partial charge on any atom is -0.395 e. The SMILES string of the molecule is CCc1cc2c(N(CC)CCO)nc(C)nc2s1. The average molecular weight is 265 g/mol. The first-order valence-electron chi connectivity index (χ1n) is 6.32. The van der Waals surface area contributed by atoms with Gasteiger partial charge in [-0.3, -0.25) is 0 Å². The molecule has 0 radical (unpaired) electrons. The van der Waals surface area contributed by atoms with Gasteiger partial charge < -0.3 is 10.0 Å². The van der Waals surface area contributed by atoms with Crippen LogP contribution < -0.4 is 4.90 Å². The zero-order chi connectivity index (χ0) is 13.1. The first-order valence-corrected chi connectivity index (χ1v) is 7.14. The summed E-state index contributed by atoms with van der Waals surface area (Å²) < 4.78 is 0. The first-order chi connectivity index (χ1) is 8.69. The summed E-state index contributed by atoms with van der Waals surface area (Å²) in [6.45, 7) is 7.73. The molecule has 0 aromatic carbocycles. The molecule has 18 heavy (non-hydrogen) atoms. The van der Waals surface area contributed by atoms with E-state index in [0.29, 0.717) is 6.54 Å². The van der Waals surface area contributed by atoms with E-state index >= 15 is 0 Å². The molecule has 2 rings (SSSR count). The highest BCUT2D eigenvalue weighted by atomic mass is 32.1. The normalized spacial score (nSPS) is 11.1. The molecular formula is C13H19N3OS. The molecule has 0 saturated carbocycles. The molecule has 0 bridgehead atoms. The van der Waals surface area contributed by atoms with Crippen LogP contribution in [-0.4, -0.2) is 34.8 Å². The van der Waals surface area contributed by atoms with Crippen molar-refractivity contribution in [2.75, 3.05) is 24.6 Å². The third-order valence-electron chi connectivity index (χ3n) is 2.94. The Bertz CT molecular complexity index is 538. The van der Waals surface area contributed by atoms with Crippen LogP contribution in [0.5, 0.6) is 0 Å². The number of rotatable bonds is 5. The van der Waals surface area contributed by atoms with Crippen LogP contribution in [0.15, 0.2) is 6.07 Å². The summed E-state index contributed by atoms with van der Waals surface area (Å²) >= 11 is 1.73. The topological polar surface area (TPSA) is 49.2 Å². The molecule has 2 aromatic heterocycles. The summed E-state index contributed by atoms with van der Waals surface area (Å²) in [7, 11) is 0. The van der Waals surface area contributed by atoms with Crippen molar-refractivity contribution in [3.05, 3.63) is 16.8 Å². The third kappa shape index (κ3) is 2.47. The molecule has 98 valence electrons. The van der Waals surface area contributed by atoms with E-state index in [0.717, 1.165) is 34.8 Å². The second kappa shape index (κ2) is 5.63. The fourth-order valence-corrected chi connectivity index (χ4v) is 3.02. The van der Waals surface area contributed by atoms with Crippen molar-refractivity contribution in [2.24, 2.45) is 0 Å². The summed E-state index contributed by atoms with van der Waals surface area (Å²) in [5.74, 6) is 1.74. The average Bonchev–Trinajstić information content (AvgIpc) is 2.77. The summed E-state index contributed by atoms with van der Waals surface area (Å²) in [5.41, 5.74) is 0. The predicted octanol–water partition coefficient (Wildman–Crippen LogP) is 2.38. The molecule has 0 saturated heterocycles. The summed E-state index contributed by atoms with van der Waals surface area (Å²) in [6.07, 6.45) is 1.02. The molecule has 0 spiro atoms. The number of likely N-dealkylation sites (N-methyl/N-ethyl adjacent to an activating group) is 1. The molecule has 0 aliphatic rings. The molecule has 0 fully saturated rings. The highest BCUT2D eigenvalue weighted by Crippen LogP contribution is 2.31. The summed E-state index contributed by atoms with van der Waals surface area (Å²) in [6, 6.07) is 2.18. The van der Waals surface area contributed by atoms with Gasteiger partial charge in [0.1, 0.15) is 16.5 Å². The van der Waals surface area contributed by atoms with Gasteiger partial charge in [-0.05, 0) is 26.3 Å². The van der Waals surface area contributed by atoms with Crippen LogP contribution in [0.4, 0.5) is 5.82 Å². The fourth-order valence-electron chi connectivity index (χ4n) is 2.01. The lowest BCUT2D eigenvalue weighted by molar-refractivity contribution is 0.302. The van der Waals surface area contributed by atoms with Crippen LogP contribution in [0.25, 0.3) is 10.2 Å². The summed E-state index contributed by atoms with van der Waals surface area (Å²) in [5, 5.41) is 10.2. The van der Waals surface area contributed by atoms with E-state index < -0.39 is 0 Å². The predicted molar refractivity (Wildman–Crippen MR) is 76.5 cm³/mol. The lowest BCUT2D eigenvalue weighted by atomic mass is 10.3. The number of aryl methyl sites for hydroxylation is 2. The molecular weight excluding hydrogens is 246 g/mol. The molecule has 1 N–H and O–H groups in total. The number of aliphatic hydroxyl groups is 1. The minimum atomic E-state index is 0.142. The van der Waals surface area contributed by atoms with Gasteiger partial charge in [-0.2, -0.15) is 0 Å². The molecule has 0 aliphatic heterocycles. The Morgan fingerprint density at radius 1 is 1.33 bits per heavy atom. The molecule has 0 aliphatic carbocycles. The molecule has 2 heterocycles. The van der Waals surface area contributed by atoms with Gasteiger partial charge in [0.05, 0.1) is 12.0 Å². The van der Waals surface area contributed by atoms with E-state index in [9.17, 15) is 0 Å². The fraction of sp³-hybridized carbons (Fsp3) is 0.538. The van der Waals surface area contributed by atoms with Crippen molar-refractivity contribution in [2.45, 2.75) is 27.2 Å². The van der Waals surface area contributed by atoms with E-state index in [2.05, 4.69) is 34.8 Å². The number of hydrogen-bond acceptors (Lipinski definition) is 5. The van der Waals surface area contributed by atoms with Crippen LogP contribution in [-0.2, 0) is 6.42 Å². The Morgan fingerprint density at radius 2 is 2.11 bits per heavy atom. The van der Waals surface area contributed by atoms with Gasteiger partial charge in [-0.25, -0.2) is 9.97 Å². The molecule has 0 amide bonds. The monoisotopic (exact) mass is 265 g/mol. The Balaban J connectivity index is 2.56. The summed E-state index contributed by atoms with van der Waals surface area (Å²) in [4.78, 5) is 13.5. The smallest absolute Gasteiger partial charge is 0.141 e. The van der Waals surface area contributed by atoms with Crippen molar-refractivity contribution in [3.63, 3.8) is 0 Å². The zero-order valence-electron chi connectivity index (χ0n) is 11.1. The van der Waals surface area contributed by atoms with Crippen molar-refractivity contribution in [1.82, 2.24) is 9.97 Å². The number of aliphatic hydroxyl groups excluding tert-OH is 1. The second-order valence-corrected chi connectivity index (χ2v) is 5.30. The van der Waals surface area contributed by atoms with Crippen molar-refractivity contribution in [1.29, 1.82) is 0 Å². The Kier molecular flexibility index (Phi) is 4.14. The maximum Gasteiger partial charge on any atom is 0.141 e. The lowest BCUT2D eigenvalue weighted by Crippen LogP contribution is -2.27. The zero-order valence-corrected chi connectivity index (χ0v) is 11.9. The van der Waals surface area contributed by atoms with Crippen molar-refractivity contribution >= 4 is 27.4 Å². The Hall–Kier alpha value is -1.20. The quantitative estimate of drug-likeness (QED) is 0.901. The van der Waals surface area contributed by atoms with Gasteiger partial charge in [0.15, 0.2) is 0 Å². The molecule has 0 atom stereocenters. The van der Waals surface area contributed by atoms with E-state index in [1.165, 1.54) is 4.88 Å². The van der Waals surface area contributed by atoms with E-state index in [-0.39, 0.29) is 6.61 Å². The van der Waals surface area contributed by atoms with Crippen LogP contribution in [0.1, 0.15) is 24.5 Å². The van der Waals surface area contributed by atoms with Gasteiger partial charge in [-0.1, -0.05) is 6.92 Å².